The molecule has 0 saturated heterocycles. The molecular formula is C16H22O2. The van der Waals surface area contributed by atoms with Crippen molar-refractivity contribution in [3.63, 3.8) is 0 Å². The first kappa shape index (κ1) is 13.1. The number of carboxylic acid groups (broad SMARTS) is 1. The number of rotatable bonds is 4. The smallest absolute Gasteiger partial charge is 0.335 e. The van der Waals surface area contributed by atoms with Crippen LogP contribution in [-0.4, -0.2) is 11.1 Å². The first-order valence-electron chi connectivity index (χ1n) is 7.04. The summed E-state index contributed by atoms with van der Waals surface area (Å²) in [4.78, 5) is 11.2. The molecule has 1 saturated carbocycles. The molecule has 0 spiro atoms. The van der Waals surface area contributed by atoms with Gasteiger partial charge in [-0.1, -0.05) is 38.0 Å². The summed E-state index contributed by atoms with van der Waals surface area (Å²) in [5, 5.41) is 9.23. The minimum absolute atomic E-state index is 0.449. The molecule has 2 nitrogen and oxygen atoms in total. The quantitative estimate of drug-likeness (QED) is 0.851. The van der Waals surface area contributed by atoms with Crippen LogP contribution in [0.4, 0.5) is 0 Å². The first-order chi connectivity index (χ1) is 8.72. The molecule has 1 aromatic carbocycles. The molecule has 18 heavy (non-hydrogen) atoms. The Morgan fingerprint density at radius 2 is 1.89 bits per heavy atom. The predicted octanol–water partition coefficient (Wildman–Crippen LogP) is 4.46. The monoisotopic (exact) mass is 246 g/mol. The van der Waals surface area contributed by atoms with Crippen LogP contribution in [0.5, 0.6) is 0 Å². The molecule has 0 aromatic heterocycles. The van der Waals surface area contributed by atoms with Crippen LogP contribution in [0.3, 0.4) is 0 Å². The normalized spacial score (nSPS) is 23.8. The molecule has 0 atom stereocenters. The Kier molecular flexibility index (Phi) is 4.40. The SMILES string of the molecule is CCCC1CCC(c2ccccc2C(=O)O)CC1. The standard InChI is InChI=1S/C16H22O2/c1-2-5-12-8-10-13(11-9-12)14-6-3-4-7-15(14)16(17)18/h3-4,6-7,12-13H,2,5,8-11H2,1H3,(H,17,18). The third kappa shape index (κ3) is 2.92. The molecular weight excluding hydrogens is 224 g/mol. The van der Waals surface area contributed by atoms with E-state index in [9.17, 15) is 9.90 Å². The van der Waals surface area contributed by atoms with Gasteiger partial charge in [-0.2, -0.15) is 0 Å². The minimum atomic E-state index is -0.790. The van der Waals surface area contributed by atoms with Gasteiger partial charge in [0.15, 0.2) is 0 Å². The van der Waals surface area contributed by atoms with Crippen molar-refractivity contribution in [3.05, 3.63) is 35.4 Å². The zero-order chi connectivity index (χ0) is 13.0. The van der Waals surface area contributed by atoms with Crippen LogP contribution < -0.4 is 0 Å². The van der Waals surface area contributed by atoms with Crippen molar-refractivity contribution >= 4 is 5.97 Å². The topological polar surface area (TPSA) is 37.3 Å². The van der Waals surface area contributed by atoms with Gasteiger partial charge in [0.1, 0.15) is 0 Å². The summed E-state index contributed by atoms with van der Waals surface area (Å²) in [7, 11) is 0. The van der Waals surface area contributed by atoms with Crippen LogP contribution >= 0.6 is 0 Å². The van der Waals surface area contributed by atoms with Crippen LogP contribution in [0, 0.1) is 5.92 Å². The summed E-state index contributed by atoms with van der Waals surface area (Å²) < 4.78 is 0. The van der Waals surface area contributed by atoms with E-state index < -0.39 is 5.97 Å². The fourth-order valence-corrected chi connectivity index (χ4v) is 3.22. The van der Waals surface area contributed by atoms with E-state index in [4.69, 9.17) is 0 Å². The molecule has 0 amide bonds. The Balaban J connectivity index is 2.07. The maximum atomic E-state index is 11.2. The van der Waals surface area contributed by atoms with Crippen LogP contribution in [0.1, 0.15) is 67.3 Å². The lowest BCUT2D eigenvalue weighted by Gasteiger charge is -2.29. The third-order valence-corrected chi connectivity index (χ3v) is 4.17. The predicted molar refractivity (Wildman–Crippen MR) is 73.0 cm³/mol. The van der Waals surface area contributed by atoms with E-state index in [0.717, 1.165) is 24.3 Å². The summed E-state index contributed by atoms with van der Waals surface area (Å²) in [5.74, 6) is 0.523. The Bertz CT molecular complexity index is 403. The van der Waals surface area contributed by atoms with Crippen LogP contribution in [0.2, 0.25) is 0 Å². The van der Waals surface area contributed by atoms with Gasteiger partial charge in [0.05, 0.1) is 5.56 Å². The highest BCUT2D eigenvalue weighted by molar-refractivity contribution is 5.89. The van der Waals surface area contributed by atoms with Gasteiger partial charge in [-0.15, -0.1) is 0 Å². The Labute approximate surface area is 109 Å². The summed E-state index contributed by atoms with van der Waals surface area (Å²) in [6, 6.07) is 7.50. The average Bonchev–Trinajstić information content (AvgIpc) is 2.40. The van der Waals surface area contributed by atoms with Gasteiger partial charge in [-0.05, 0) is 49.1 Å². The van der Waals surface area contributed by atoms with E-state index in [0.29, 0.717) is 11.5 Å². The van der Waals surface area contributed by atoms with Gasteiger partial charge >= 0.3 is 5.97 Å². The minimum Gasteiger partial charge on any atom is -0.478 e. The van der Waals surface area contributed by atoms with Gasteiger partial charge in [0.2, 0.25) is 0 Å². The van der Waals surface area contributed by atoms with Crippen molar-refractivity contribution in [2.45, 2.75) is 51.4 Å². The molecule has 98 valence electrons. The number of carbonyl (C=O) groups is 1. The number of aromatic carboxylic acids is 1. The van der Waals surface area contributed by atoms with E-state index in [1.165, 1.54) is 25.7 Å². The Hall–Kier alpha value is -1.31. The van der Waals surface area contributed by atoms with Crippen LogP contribution in [0.15, 0.2) is 24.3 Å². The largest absolute Gasteiger partial charge is 0.478 e. The lowest BCUT2D eigenvalue weighted by molar-refractivity contribution is 0.0694. The Morgan fingerprint density at radius 1 is 1.22 bits per heavy atom. The van der Waals surface area contributed by atoms with Crippen molar-refractivity contribution in [3.8, 4) is 0 Å². The van der Waals surface area contributed by atoms with Gasteiger partial charge in [0, 0.05) is 0 Å². The van der Waals surface area contributed by atoms with Gasteiger partial charge in [-0.25, -0.2) is 4.79 Å². The molecule has 0 heterocycles. The highest BCUT2D eigenvalue weighted by Crippen LogP contribution is 2.38. The number of hydrogen-bond donors (Lipinski definition) is 1. The van der Waals surface area contributed by atoms with E-state index in [2.05, 4.69) is 6.92 Å². The molecule has 1 aromatic rings. The summed E-state index contributed by atoms with van der Waals surface area (Å²) in [6.07, 6.45) is 7.40. The molecule has 1 aliphatic rings. The molecule has 2 heteroatoms. The molecule has 1 fully saturated rings. The van der Waals surface area contributed by atoms with Gasteiger partial charge in [0.25, 0.3) is 0 Å². The van der Waals surface area contributed by atoms with E-state index in [-0.39, 0.29) is 0 Å². The molecule has 0 aliphatic heterocycles. The molecule has 1 aliphatic carbocycles. The second-order valence-corrected chi connectivity index (χ2v) is 5.40. The van der Waals surface area contributed by atoms with E-state index in [1.807, 2.05) is 18.2 Å². The molecule has 0 unspecified atom stereocenters. The highest BCUT2D eigenvalue weighted by Gasteiger charge is 2.24. The Morgan fingerprint density at radius 3 is 2.50 bits per heavy atom. The zero-order valence-electron chi connectivity index (χ0n) is 11.1. The van der Waals surface area contributed by atoms with Crippen LogP contribution in [0.25, 0.3) is 0 Å². The second kappa shape index (κ2) is 6.03. The first-order valence-corrected chi connectivity index (χ1v) is 7.04. The number of carboxylic acids is 1. The highest BCUT2D eigenvalue weighted by atomic mass is 16.4. The maximum Gasteiger partial charge on any atom is 0.335 e. The lowest BCUT2D eigenvalue weighted by atomic mass is 9.76. The zero-order valence-corrected chi connectivity index (χ0v) is 11.1. The van der Waals surface area contributed by atoms with Crippen molar-refractivity contribution < 1.29 is 9.90 Å². The number of benzene rings is 1. The number of hydrogen-bond acceptors (Lipinski definition) is 1. The fourth-order valence-electron chi connectivity index (χ4n) is 3.22. The molecule has 0 radical (unpaired) electrons. The fraction of sp³-hybridized carbons (Fsp3) is 0.562. The van der Waals surface area contributed by atoms with Crippen molar-refractivity contribution in [1.82, 2.24) is 0 Å². The van der Waals surface area contributed by atoms with Crippen LogP contribution in [-0.2, 0) is 0 Å². The van der Waals surface area contributed by atoms with Crippen molar-refractivity contribution in [2.24, 2.45) is 5.92 Å². The maximum absolute atomic E-state index is 11.2. The summed E-state index contributed by atoms with van der Waals surface area (Å²) in [6.45, 7) is 2.24. The van der Waals surface area contributed by atoms with Crippen molar-refractivity contribution in [2.75, 3.05) is 0 Å². The average molecular weight is 246 g/mol. The molecule has 2 rings (SSSR count). The summed E-state index contributed by atoms with van der Waals surface area (Å²) >= 11 is 0. The van der Waals surface area contributed by atoms with Crippen molar-refractivity contribution in [1.29, 1.82) is 0 Å². The van der Waals surface area contributed by atoms with E-state index >= 15 is 0 Å². The third-order valence-electron chi connectivity index (χ3n) is 4.17. The molecule has 0 bridgehead atoms. The lowest BCUT2D eigenvalue weighted by Crippen LogP contribution is -2.15. The van der Waals surface area contributed by atoms with Gasteiger partial charge in [-0.3, -0.25) is 0 Å². The molecule has 1 N–H and O–H groups in total. The van der Waals surface area contributed by atoms with Gasteiger partial charge < -0.3 is 5.11 Å². The second-order valence-electron chi connectivity index (χ2n) is 5.40. The summed E-state index contributed by atoms with van der Waals surface area (Å²) in [5.41, 5.74) is 1.54. The van der Waals surface area contributed by atoms with E-state index in [1.54, 1.807) is 6.07 Å².